The summed E-state index contributed by atoms with van der Waals surface area (Å²) < 4.78 is 0. The number of nitrogens with one attached hydrogen (secondary N) is 3. The first-order valence-corrected chi connectivity index (χ1v) is 6.99. The summed E-state index contributed by atoms with van der Waals surface area (Å²) in [5.74, 6) is 0. The van der Waals surface area contributed by atoms with Gasteiger partial charge in [-0.2, -0.15) is 0 Å². The van der Waals surface area contributed by atoms with Gasteiger partial charge < -0.3 is 16.0 Å². The second-order valence-electron chi connectivity index (χ2n) is 4.99. The number of amides is 2. The van der Waals surface area contributed by atoms with Crippen LogP contribution in [0.3, 0.4) is 0 Å². The van der Waals surface area contributed by atoms with E-state index in [-0.39, 0.29) is 18.4 Å². The first-order valence-electron chi connectivity index (χ1n) is 6.62. The van der Waals surface area contributed by atoms with Crippen LogP contribution in [0, 0.1) is 13.8 Å². The molecule has 1 atom stereocenters. The summed E-state index contributed by atoms with van der Waals surface area (Å²) >= 11 is 6.07. The zero-order chi connectivity index (χ0) is 13.8. The molecule has 3 N–H and O–H groups in total. The van der Waals surface area contributed by atoms with Crippen molar-refractivity contribution in [2.75, 3.05) is 18.4 Å². The molecule has 0 aliphatic carbocycles. The molecule has 0 bridgehead atoms. The largest absolute Gasteiger partial charge is 0.336 e. The number of halogens is 2. The van der Waals surface area contributed by atoms with E-state index in [1.165, 1.54) is 6.42 Å². The van der Waals surface area contributed by atoms with Crippen molar-refractivity contribution in [2.45, 2.75) is 32.7 Å². The van der Waals surface area contributed by atoms with Crippen molar-refractivity contribution >= 4 is 35.7 Å². The fourth-order valence-electron chi connectivity index (χ4n) is 2.32. The predicted octanol–water partition coefficient (Wildman–Crippen LogP) is 3.25. The summed E-state index contributed by atoms with van der Waals surface area (Å²) in [5.41, 5.74) is 2.70. The van der Waals surface area contributed by atoms with Gasteiger partial charge >= 0.3 is 6.03 Å². The second-order valence-corrected chi connectivity index (χ2v) is 5.40. The average molecular weight is 318 g/mol. The van der Waals surface area contributed by atoms with E-state index in [9.17, 15) is 4.79 Å². The van der Waals surface area contributed by atoms with Crippen LogP contribution in [0.5, 0.6) is 0 Å². The number of carbonyl (C=O) groups is 1. The van der Waals surface area contributed by atoms with Crippen LogP contribution < -0.4 is 16.0 Å². The van der Waals surface area contributed by atoms with Gasteiger partial charge in [-0.3, -0.25) is 0 Å². The van der Waals surface area contributed by atoms with E-state index in [1.54, 1.807) is 0 Å². The standard InChI is InChI=1S/C14H20ClN3O.ClH/c1-9-5-6-12(15)10(2)13(9)18-14(19)17-8-11-4-3-7-16-11;/h5-6,11,16H,3-4,7-8H2,1-2H3,(H2,17,18,19);1H/t11-;/m0./s1. The van der Waals surface area contributed by atoms with Gasteiger partial charge in [-0.15, -0.1) is 12.4 Å². The molecule has 0 spiro atoms. The summed E-state index contributed by atoms with van der Waals surface area (Å²) in [5, 5.41) is 9.78. The fraction of sp³-hybridized carbons (Fsp3) is 0.500. The van der Waals surface area contributed by atoms with Gasteiger partial charge in [-0.1, -0.05) is 17.7 Å². The van der Waals surface area contributed by atoms with Crippen molar-refractivity contribution in [2.24, 2.45) is 0 Å². The molecule has 1 aliphatic rings. The molecule has 2 rings (SSSR count). The quantitative estimate of drug-likeness (QED) is 0.801. The molecule has 2 amide bonds. The van der Waals surface area contributed by atoms with E-state index < -0.39 is 0 Å². The maximum absolute atomic E-state index is 11.9. The number of aryl methyl sites for hydroxylation is 1. The smallest absolute Gasteiger partial charge is 0.319 e. The molecule has 112 valence electrons. The Morgan fingerprint density at radius 2 is 2.20 bits per heavy atom. The highest BCUT2D eigenvalue weighted by atomic mass is 35.5. The third-order valence-electron chi connectivity index (χ3n) is 3.52. The molecule has 1 aromatic rings. The number of hydrogen-bond acceptors (Lipinski definition) is 2. The molecule has 0 unspecified atom stereocenters. The second kappa shape index (κ2) is 7.72. The van der Waals surface area contributed by atoms with E-state index in [4.69, 9.17) is 11.6 Å². The lowest BCUT2D eigenvalue weighted by atomic mass is 10.1. The summed E-state index contributed by atoms with van der Waals surface area (Å²) in [4.78, 5) is 11.9. The van der Waals surface area contributed by atoms with Crippen molar-refractivity contribution < 1.29 is 4.79 Å². The van der Waals surface area contributed by atoms with Gasteiger partial charge in [0, 0.05) is 23.3 Å². The highest BCUT2D eigenvalue weighted by Crippen LogP contribution is 2.26. The Morgan fingerprint density at radius 3 is 2.85 bits per heavy atom. The Bertz CT molecular complexity index is 474. The van der Waals surface area contributed by atoms with E-state index in [0.29, 0.717) is 17.6 Å². The van der Waals surface area contributed by atoms with Crippen LogP contribution in [0.1, 0.15) is 24.0 Å². The van der Waals surface area contributed by atoms with Crippen LogP contribution in [0.2, 0.25) is 5.02 Å². The SMILES string of the molecule is Cc1ccc(Cl)c(C)c1NC(=O)NC[C@@H]1CCCN1.Cl. The molecule has 1 saturated heterocycles. The van der Waals surface area contributed by atoms with Gasteiger partial charge in [0.25, 0.3) is 0 Å². The Morgan fingerprint density at radius 1 is 1.45 bits per heavy atom. The van der Waals surface area contributed by atoms with Crippen LogP contribution in [0.15, 0.2) is 12.1 Å². The highest BCUT2D eigenvalue weighted by Gasteiger charge is 2.15. The zero-order valence-electron chi connectivity index (χ0n) is 11.8. The van der Waals surface area contributed by atoms with E-state index in [0.717, 1.165) is 29.8 Å². The molecule has 20 heavy (non-hydrogen) atoms. The van der Waals surface area contributed by atoms with E-state index in [2.05, 4.69) is 16.0 Å². The molecule has 1 aromatic carbocycles. The third kappa shape index (κ3) is 4.27. The average Bonchev–Trinajstić information content (AvgIpc) is 2.90. The highest BCUT2D eigenvalue weighted by molar-refractivity contribution is 6.31. The van der Waals surface area contributed by atoms with Crippen LogP contribution in [-0.2, 0) is 0 Å². The number of benzene rings is 1. The minimum absolute atomic E-state index is 0. The van der Waals surface area contributed by atoms with Gasteiger partial charge in [-0.05, 0) is 50.4 Å². The summed E-state index contributed by atoms with van der Waals surface area (Å²) in [6, 6.07) is 3.97. The number of anilines is 1. The number of urea groups is 1. The lowest BCUT2D eigenvalue weighted by molar-refractivity contribution is 0.251. The summed E-state index contributed by atoms with van der Waals surface area (Å²) in [6.07, 6.45) is 2.30. The van der Waals surface area contributed by atoms with Crippen molar-refractivity contribution in [1.82, 2.24) is 10.6 Å². The van der Waals surface area contributed by atoms with Gasteiger partial charge in [-0.25, -0.2) is 4.79 Å². The summed E-state index contributed by atoms with van der Waals surface area (Å²) in [6.45, 7) is 5.56. The van der Waals surface area contributed by atoms with Crippen molar-refractivity contribution in [3.05, 3.63) is 28.3 Å². The summed E-state index contributed by atoms with van der Waals surface area (Å²) in [7, 11) is 0. The Kier molecular flexibility index (Phi) is 6.59. The normalized spacial score (nSPS) is 17.4. The first kappa shape index (κ1) is 17.1. The lowest BCUT2D eigenvalue weighted by Crippen LogP contribution is -2.39. The Labute approximate surface area is 131 Å². The zero-order valence-corrected chi connectivity index (χ0v) is 13.3. The van der Waals surface area contributed by atoms with Crippen LogP contribution >= 0.6 is 24.0 Å². The maximum atomic E-state index is 11.9. The number of hydrogen-bond donors (Lipinski definition) is 3. The molecular weight excluding hydrogens is 297 g/mol. The monoisotopic (exact) mass is 317 g/mol. The van der Waals surface area contributed by atoms with Crippen molar-refractivity contribution in [3.63, 3.8) is 0 Å². The first-order chi connectivity index (χ1) is 9.08. The topological polar surface area (TPSA) is 53.2 Å². The number of rotatable bonds is 3. The van der Waals surface area contributed by atoms with E-state index in [1.807, 2.05) is 26.0 Å². The molecule has 0 aromatic heterocycles. The molecular formula is C14H21Cl2N3O. The molecule has 4 nitrogen and oxygen atoms in total. The molecule has 0 radical (unpaired) electrons. The fourth-order valence-corrected chi connectivity index (χ4v) is 2.48. The van der Waals surface area contributed by atoms with Gasteiger partial charge in [0.15, 0.2) is 0 Å². The maximum Gasteiger partial charge on any atom is 0.319 e. The van der Waals surface area contributed by atoms with Gasteiger partial charge in [0.05, 0.1) is 0 Å². The Hall–Kier alpha value is -0.970. The molecule has 1 aliphatic heterocycles. The number of carbonyl (C=O) groups excluding carboxylic acids is 1. The minimum Gasteiger partial charge on any atom is -0.336 e. The van der Waals surface area contributed by atoms with Crippen molar-refractivity contribution in [1.29, 1.82) is 0 Å². The molecule has 6 heteroatoms. The van der Waals surface area contributed by atoms with Crippen LogP contribution in [0.25, 0.3) is 0 Å². The molecule has 1 heterocycles. The third-order valence-corrected chi connectivity index (χ3v) is 3.93. The lowest BCUT2D eigenvalue weighted by Gasteiger charge is -2.15. The molecule has 1 fully saturated rings. The van der Waals surface area contributed by atoms with E-state index >= 15 is 0 Å². The minimum atomic E-state index is -0.179. The van der Waals surface area contributed by atoms with Crippen LogP contribution in [0.4, 0.5) is 10.5 Å². The van der Waals surface area contributed by atoms with Gasteiger partial charge in [0.2, 0.25) is 0 Å². The Balaban J connectivity index is 0.00000200. The molecule has 0 saturated carbocycles. The predicted molar refractivity (Wildman–Crippen MR) is 86.2 cm³/mol. The van der Waals surface area contributed by atoms with Gasteiger partial charge in [0.1, 0.15) is 0 Å². The van der Waals surface area contributed by atoms with Crippen LogP contribution in [-0.4, -0.2) is 25.2 Å². The van der Waals surface area contributed by atoms with Crippen molar-refractivity contribution in [3.8, 4) is 0 Å².